The van der Waals surface area contributed by atoms with E-state index in [1.807, 2.05) is 26.0 Å². The molecule has 1 aliphatic heterocycles. The van der Waals surface area contributed by atoms with E-state index in [2.05, 4.69) is 15.5 Å². The van der Waals surface area contributed by atoms with E-state index in [4.69, 9.17) is 4.74 Å². The maximum absolute atomic E-state index is 13.0. The summed E-state index contributed by atoms with van der Waals surface area (Å²) >= 11 is 0. The van der Waals surface area contributed by atoms with Gasteiger partial charge in [-0.05, 0) is 57.9 Å². The summed E-state index contributed by atoms with van der Waals surface area (Å²) in [5, 5.41) is 5.73. The molecule has 0 unspecified atom stereocenters. The second-order valence-corrected chi connectivity index (χ2v) is 8.17. The van der Waals surface area contributed by atoms with Gasteiger partial charge in [-0.25, -0.2) is 14.4 Å². The highest BCUT2D eigenvalue weighted by molar-refractivity contribution is 6.07. The number of hydrogen-bond acceptors (Lipinski definition) is 5. The molecular weight excluding hydrogens is 434 g/mol. The van der Waals surface area contributed by atoms with E-state index in [0.717, 1.165) is 42.7 Å². The highest BCUT2D eigenvalue weighted by Gasteiger charge is 2.22. The molecule has 0 aliphatic carbocycles. The fourth-order valence-corrected chi connectivity index (χ4v) is 4.54. The van der Waals surface area contributed by atoms with Crippen LogP contribution in [0.4, 0.5) is 21.9 Å². The van der Waals surface area contributed by atoms with Crippen molar-refractivity contribution in [1.29, 1.82) is 0 Å². The zero-order valence-electron chi connectivity index (χ0n) is 19.9. The lowest BCUT2D eigenvalue weighted by molar-refractivity contribution is 0.0527. The summed E-state index contributed by atoms with van der Waals surface area (Å²) in [4.78, 5) is 40.4. The predicted molar refractivity (Wildman–Crippen MR) is 134 cm³/mol. The van der Waals surface area contributed by atoms with Crippen molar-refractivity contribution in [2.45, 2.75) is 46.7 Å². The lowest BCUT2D eigenvalue weighted by Gasteiger charge is -2.22. The van der Waals surface area contributed by atoms with E-state index in [1.54, 1.807) is 40.3 Å². The Balaban J connectivity index is 1.71. The number of anilines is 3. The fraction of sp³-hybridized carbons (Fsp3) is 0.400. The number of amides is 2. The zero-order chi connectivity index (χ0) is 24.2. The molecule has 1 aliphatic rings. The first-order chi connectivity index (χ1) is 16.5. The maximum atomic E-state index is 13.0. The Morgan fingerprint density at radius 1 is 0.912 bits per heavy atom. The van der Waals surface area contributed by atoms with Crippen LogP contribution in [0.2, 0.25) is 0 Å². The van der Waals surface area contributed by atoms with Crippen molar-refractivity contribution in [3.63, 3.8) is 0 Å². The molecular formula is C25H31N5O4. The van der Waals surface area contributed by atoms with Crippen LogP contribution in [-0.4, -0.2) is 40.8 Å². The number of nitrogens with zero attached hydrogens (tertiary/aromatic N) is 3. The van der Waals surface area contributed by atoms with Crippen molar-refractivity contribution in [3.05, 3.63) is 52.4 Å². The number of fused-ring (bicyclic) bond motifs is 1. The average Bonchev–Trinajstić information content (AvgIpc) is 3.44. The molecule has 2 N–H and O–H groups in total. The van der Waals surface area contributed by atoms with Crippen molar-refractivity contribution in [2.24, 2.45) is 0 Å². The summed E-state index contributed by atoms with van der Waals surface area (Å²) in [6.07, 6.45) is 2.15. The van der Waals surface area contributed by atoms with E-state index < -0.39 is 12.0 Å². The second kappa shape index (κ2) is 10.0. The molecule has 1 saturated heterocycles. The summed E-state index contributed by atoms with van der Waals surface area (Å²) in [6, 6.07) is 10.1. The molecule has 0 spiro atoms. The molecule has 0 atom stereocenters. The van der Waals surface area contributed by atoms with Crippen LogP contribution in [0.5, 0.6) is 0 Å². The molecule has 2 aromatic carbocycles. The van der Waals surface area contributed by atoms with Crippen LogP contribution in [0, 0.1) is 0 Å². The van der Waals surface area contributed by atoms with Crippen molar-refractivity contribution in [3.8, 4) is 0 Å². The fourth-order valence-electron chi connectivity index (χ4n) is 4.54. The maximum Gasteiger partial charge on any atom is 0.340 e. The number of aromatic nitrogens is 2. The van der Waals surface area contributed by atoms with E-state index in [9.17, 15) is 14.4 Å². The number of aryl methyl sites for hydroxylation is 2. The Hall–Kier alpha value is -3.75. The first-order valence-corrected chi connectivity index (χ1v) is 11.8. The van der Waals surface area contributed by atoms with E-state index in [1.165, 1.54) is 0 Å². The molecule has 180 valence electrons. The van der Waals surface area contributed by atoms with Gasteiger partial charge in [-0.3, -0.25) is 9.13 Å². The summed E-state index contributed by atoms with van der Waals surface area (Å²) in [7, 11) is 0. The number of carbonyl (C=O) groups is 2. The number of hydrogen-bond donors (Lipinski definition) is 2. The standard InChI is InChI=1S/C25H31N5O4/c1-4-29-21-15-19(20(28-13-9-10-14-28)16-22(21)30(5-2)25(29)33)27-24(32)26-18-12-8-7-11-17(18)23(31)34-6-3/h7-8,11-12,15-16H,4-6,9-10,13-14H2,1-3H3,(H2,26,27,32). The normalized spacial score (nSPS) is 13.3. The molecule has 1 aromatic heterocycles. The average molecular weight is 466 g/mol. The number of imidazole rings is 1. The molecule has 34 heavy (non-hydrogen) atoms. The minimum absolute atomic E-state index is 0.0580. The van der Waals surface area contributed by atoms with E-state index in [0.29, 0.717) is 24.5 Å². The Labute approximate surface area is 198 Å². The molecule has 0 radical (unpaired) electrons. The largest absolute Gasteiger partial charge is 0.462 e. The Morgan fingerprint density at radius 2 is 1.53 bits per heavy atom. The number of rotatable bonds is 7. The SMILES string of the molecule is CCOC(=O)c1ccccc1NC(=O)Nc1cc2c(cc1N1CCCC1)n(CC)c(=O)n2CC. The molecule has 9 nitrogen and oxygen atoms in total. The van der Waals surface area contributed by atoms with Crippen LogP contribution < -0.4 is 21.2 Å². The molecule has 0 saturated carbocycles. The quantitative estimate of drug-likeness (QED) is 0.508. The van der Waals surface area contributed by atoms with Gasteiger partial charge in [0.25, 0.3) is 0 Å². The Kier molecular flexibility index (Phi) is 6.90. The lowest BCUT2D eigenvalue weighted by Crippen LogP contribution is -2.24. The molecule has 2 heterocycles. The van der Waals surface area contributed by atoms with Gasteiger partial charge in [0.1, 0.15) is 0 Å². The third kappa shape index (κ3) is 4.37. The number of esters is 1. The van der Waals surface area contributed by atoms with Crippen molar-refractivity contribution >= 4 is 40.1 Å². The van der Waals surface area contributed by atoms with Gasteiger partial charge in [0.2, 0.25) is 0 Å². The smallest absolute Gasteiger partial charge is 0.340 e. The van der Waals surface area contributed by atoms with Crippen LogP contribution in [-0.2, 0) is 17.8 Å². The Morgan fingerprint density at radius 3 is 2.18 bits per heavy atom. The molecule has 4 rings (SSSR count). The minimum atomic E-state index is -0.495. The van der Waals surface area contributed by atoms with Gasteiger partial charge in [0.05, 0.1) is 40.3 Å². The van der Waals surface area contributed by atoms with Gasteiger partial charge >= 0.3 is 17.7 Å². The summed E-state index contributed by atoms with van der Waals surface area (Å²) in [5.74, 6) is -0.495. The lowest BCUT2D eigenvalue weighted by atomic mass is 10.2. The number of carbonyl (C=O) groups excluding carboxylic acids is 2. The van der Waals surface area contributed by atoms with Gasteiger partial charge in [0, 0.05) is 26.2 Å². The number of ether oxygens (including phenoxy) is 1. The molecule has 9 heteroatoms. The molecule has 0 bridgehead atoms. The molecule has 3 aromatic rings. The van der Waals surface area contributed by atoms with Crippen LogP contribution in [0.3, 0.4) is 0 Å². The number of nitrogens with one attached hydrogen (secondary N) is 2. The molecule has 1 fully saturated rings. The third-order valence-corrected chi connectivity index (χ3v) is 6.13. The summed E-state index contributed by atoms with van der Waals surface area (Å²) < 4.78 is 8.58. The highest BCUT2D eigenvalue weighted by Crippen LogP contribution is 2.34. The van der Waals surface area contributed by atoms with Crippen LogP contribution in [0.1, 0.15) is 44.0 Å². The van der Waals surface area contributed by atoms with Gasteiger partial charge in [0.15, 0.2) is 0 Å². The van der Waals surface area contributed by atoms with E-state index in [-0.39, 0.29) is 17.9 Å². The number of para-hydroxylation sites is 1. The van der Waals surface area contributed by atoms with E-state index >= 15 is 0 Å². The Bertz CT molecular complexity index is 1270. The van der Waals surface area contributed by atoms with Crippen LogP contribution in [0.25, 0.3) is 11.0 Å². The molecule has 2 amide bonds. The monoisotopic (exact) mass is 465 g/mol. The van der Waals surface area contributed by atoms with Crippen molar-refractivity contribution in [1.82, 2.24) is 9.13 Å². The summed E-state index contributed by atoms with van der Waals surface area (Å²) in [5.41, 5.74) is 3.73. The minimum Gasteiger partial charge on any atom is -0.462 e. The first-order valence-electron chi connectivity index (χ1n) is 11.8. The van der Waals surface area contributed by atoms with Crippen LogP contribution in [0.15, 0.2) is 41.2 Å². The highest BCUT2D eigenvalue weighted by atomic mass is 16.5. The third-order valence-electron chi connectivity index (χ3n) is 6.13. The number of urea groups is 1. The summed E-state index contributed by atoms with van der Waals surface area (Å²) in [6.45, 7) is 8.74. The first kappa shape index (κ1) is 23.4. The van der Waals surface area contributed by atoms with Gasteiger partial charge in [-0.2, -0.15) is 0 Å². The van der Waals surface area contributed by atoms with Crippen molar-refractivity contribution in [2.75, 3.05) is 35.2 Å². The second-order valence-electron chi connectivity index (χ2n) is 8.17. The topological polar surface area (TPSA) is 97.6 Å². The van der Waals surface area contributed by atoms with Crippen molar-refractivity contribution < 1.29 is 14.3 Å². The predicted octanol–water partition coefficient (Wildman–Crippen LogP) is 4.26. The van der Waals surface area contributed by atoms with Gasteiger partial charge in [-0.15, -0.1) is 0 Å². The zero-order valence-corrected chi connectivity index (χ0v) is 19.9. The number of benzene rings is 2. The van der Waals surface area contributed by atoms with Crippen LogP contribution >= 0.6 is 0 Å². The van der Waals surface area contributed by atoms with Gasteiger partial charge in [-0.1, -0.05) is 12.1 Å². The van der Waals surface area contributed by atoms with Gasteiger partial charge < -0.3 is 20.3 Å².